The van der Waals surface area contributed by atoms with E-state index in [1.54, 1.807) is 18.5 Å². The summed E-state index contributed by atoms with van der Waals surface area (Å²) in [5.41, 5.74) is 0. The first-order valence-electron chi connectivity index (χ1n) is 2.64. The number of halogens is 1. The molecule has 0 aliphatic rings. The Labute approximate surface area is 67.0 Å². The summed E-state index contributed by atoms with van der Waals surface area (Å²) < 4.78 is 0.863. The van der Waals surface area contributed by atoms with Crippen LogP contribution in [-0.4, -0.2) is 12.1 Å². The van der Waals surface area contributed by atoms with Crippen molar-refractivity contribution >= 4 is 15.9 Å². The van der Waals surface area contributed by atoms with Gasteiger partial charge in [-0.25, -0.2) is 0 Å². The number of hydrogen-bond acceptors (Lipinski definition) is 3. The second-order valence-electron chi connectivity index (χ2n) is 1.59. The molecule has 0 bridgehead atoms. The molecule has 3 nitrogen and oxygen atoms in total. The fourth-order valence-corrected chi connectivity index (χ4v) is 0.878. The smallest absolute Gasteiger partial charge is 0.184 e. The Morgan fingerprint density at radius 1 is 1.50 bits per heavy atom. The number of hydrogen-bond donors (Lipinski definition) is 0. The molecule has 0 unspecified atom stereocenters. The summed E-state index contributed by atoms with van der Waals surface area (Å²) in [7, 11) is 1.45. The lowest BCUT2D eigenvalue weighted by atomic mass is 10.5. The average Bonchev–Trinajstić information content (AvgIpc) is 1.88. The molecule has 54 valence electrons. The summed E-state index contributed by atoms with van der Waals surface area (Å²) in [6, 6.07) is 1.76. The van der Waals surface area contributed by atoms with Crippen molar-refractivity contribution in [3.8, 4) is 5.75 Å². The topological polar surface area (TPSA) is 31.4 Å². The lowest BCUT2D eigenvalue weighted by Gasteiger charge is -1.98. The lowest BCUT2D eigenvalue weighted by Crippen LogP contribution is -1.90. The lowest BCUT2D eigenvalue weighted by molar-refractivity contribution is -0.178. The van der Waals surface area contributed by atoms with E-state index in [9.17, 15) is 0 Å². The van der Waals surface area contributed by atoms with Crippen LogP contribution in [0.25, 0.3) is 0 Å². The SMILES string of the molecule is COOc1cncc(Br)c1. The van der Waals surface area contributed by atoms with Crippen LogP contribution in [0.4, 0.5) is 0 Å². The van der Waals surface area contributed by atoms with Crippen LogP contribution in [0.3, 0.4) is 0 Å². The quantitative estimate of drug-likeness (QED) is 0.543. The van der Waals surface area contributed by atoms with Crippen molar-refractivity contribution in [3.63, 3.8) is 0 Å². The van der Waals surface area contributed by atoms with E-state index in [4.69, 9.17) is 4.89 Å². The van der Waals surface area contributed by atoms with Crippen molar-refractivity contribution in [3.05, 3.63) is 22.9 Å². The summed E-state index contributed by atoms with van der Waals surface area (Å²) in [6.07, 6.45) is 3.23. The third-order valence-corrected chi connectivity index (χ3v) is 1.29. The molecule has 0 N–H and O–H groups in total. The molecule has 0 saturated carbocycles. The van der Waals surface area contributed by atoms with Crippen LogP contribution in [0.1, 0.15) is 0 Å². The van der Waals surface area contributed by atoms with Gasteiger partial charge >= 0.3 is 0 Å². The Balaban J connectivity index is 2.75. The van der Waals surface area contributed by atoms with Crippen molar-refractivity contribution in [2.24, 2.45) is 0 Å². The highest BCUT2D eigenvalue weighted by atomic mass is 79.9. The van der Waals surface area contributed by atoms with Gasteiger partial charge in [-0.05, 0) is 15.9 Å². The van der Waals surface area contributed by atoms with E-state index in [2.05, 4.69) is 25.8 Å². The predicted octanol–water partition coefficient (Wildman–Crippen LogP) is 1.78. The fraction of sp³-hybridized carbons (Fsp3) is 0.167. The highest BCUT2D eigenvalue weighted by molar-refractivity contribution is 9.10. The van der Waals surface area contributed by atoms with Gasteiger partial charge in [0.15, 0.2) is 5.75 Å². The van der Waals surface area contributed by atoms with Gasteiger partial charge in [0, 0.05) is 16.7 Å². The molecule has 0 fully saturated rings. The van der Waals surface area contributed by atoms with Gasteiger partial charge in [0.05, 0.1) is 13.3 Å². The number of pyridine rings is 1. The fourth-order valence-electron chi connectivity index (χ4n) is 0.534. The molecule has 4 heteroatoms. The Kier molecular flexibility index (Phi) is 2.65. The van der Waals surface area contributed by atoms with Crippen LogP contribution in [0.2, 0.25) is 0 Å². The summed E-state index contributed by atoms with van der Waals surface area (Å²) in [6.45, 7) is 0. The van der Waals surface area contributed by atoms with Gasteiger partial charge in [-0.2, -0.15) is 4.89 Å². The molecule has 0 aromatic carbocycles. The monoisotopic (exact) mass is 203 g/mol. The van der Waals surface area contributed by atoms with Crippen LogP contribution in [0.15, 0.2) is 22.9 Å². The molecule has 1 aromatic rings. The maximum Gasteiger partial charge on any atom is 0.184 e. The molecule has 0 atom stereocenters. The van der Waals surface area contributed by atoms with Crippen molar-refractivity contribution < 1.29 is 9.78 Å². The molecule has 0 aliphatic carbocycles. The highest BCUT2D eigenvalue weighted by Gasteiger charge is 1.93. The van der Waals surface area contributed by atoms with Crippen LogP contribution in [0, 0.1) is 0 Å². The summed E-state index contributed by atoms with van der Waals surface area (Å²) in [5, 5.41) is 0. The van der Waals surface area contributed by atoms with E-state index in [-0.39, 0.29) is 0 Å². The first-order chi connectivity index (χ1) is 4.83. The molecule has 0 saturated heterocycles. The minimum Gasteiger partial charge on any atom is -0.336 e. The van der Waals surface area contributed by atoms with Gasteiger partial charge in [0.25, 0.3) is 0 Å². The minimum atomic E-state index is 0.580. The zero-order valence-corrected chi connectivity index (χ0v) is 6.96. The zero-order valence-electron chi connectivity index (χ0n) is 5.37. The Bertz CT molecular complexity index is 217. The first-order valence-corrected chi connectivity index (χ1v) is 3.43. The van der Waals surface area contributed by atoms with Gasteiger partial charge in [0.1, 0.15) is 0 Å². The van der Waals surface area contributed by atoms with Crippen molar-refractivity contribution in [2.75, 3.05) is 7.11 Å². The number of nitrogens with zero attached hydrogens (tertiary/aromatic N) is 1. The Morgan fingerprint density at radius 2 is 2.30 bits per heavy atom. The third kappa shape index (κ3) is 1.97. The van der Waals surface area contributed by atoms with E-state index >= 15 is 0 Å². The number of aromatic nitrogens is 1. The van der Waals surface area contributed by atoms with E-state index in [1.807, 2.05) is 0 Å². The summed E-state index contributed by atoms with van der Waals surface area (Å²) in [4.78, 5) is 13.0. The molecular formula is C6H6BrNO2. The van der Waals surface area contributed by atoms with E-state index in [0.29, 0.717) is 5.75 Å². The van der Waals surface area contributed by atoms with E-state index < -0.39 is 0 Å². The van der Waals surface area contributed by atoms with Gasteiger partial charge in [0.2, 0.25) is 0 Å². The Hall–Kier alpha value is -0.610. The van der Waals surface area contributed by atoms with Gasteiger partial charge in [-0.15, -0.1) is 0 Å². The summed E-state index contributed by atoms with van der Waals surface area (Å²) >= 11 is 3.23. The minimum absolute atomic E-state index is 0.580. The molecule has 1 aromatic heterocycles. The van der Waals surface area contributed by atoms with Gasteiger partial charge < -0.3 is 4.89 Å². The molecule has 0 aliphatic heterocycles. The zero-order chi connectivity index (χ0) is 7.40. The molecular weight excluding hydrogens is 198 g/mol. The van der Waals surface area contributed by atoms with Crippen LogP contribution >= 0.6 is 15.9 Å². The number of rotatable bonds is 2. The average molecular weight is 204 g/mol. The predicted molar refractivity (Wildman–Crippen MR) is 39.6 cm³/mol. The third-order valence-electron chi connectivity index (χ3n) is 0.859. The summed E-state index contributed by atoms with van der Waals surface area (Å²) in [5.74, 6) is 0.580. The maximum atomic E-state index is 4.69. The van der Waals surface area contributed by atoms with E-state index in [0.717, 1.165) is 4.47 Å². The molecule has 0 spiro atoms. The molecule has 1 rings (SSSR count). The van der Waals surface area contributed by atoms with Crippen molar-refractivity contribution in [1.82, 2.24) is 4.98 Å². The van der Waals surface area contributed by atoms with Crippen molar-refractivity contribution in [2.45, 2.75) is 0 Å². The van der Waals surface area contributed by atoms with Crippen LogP contribution < -0.4 is 4.89 Å². The molecule has 10 heavy (non-hydrogen) atoms. The molecule has 0 radical (unpaired) electrons. The van der Waals surface area contributed by atoms with Gasteiger partial charge in [-0.3, -0.25) is 4.98 Å². The second kappa shape index (κ2) is 3.53. The maximum absolute atomic E-state index is 4.69. The van der Waals surface area contributed by atoms with Crippen LogP contribution in [-0.2, 0) is 4.89 Å². The van der Waals surface area contributed by atoms with E-state index in [1.165, 1.54) is 7.11 Å². The largest absolute Gasteiger partial charge is 0.336 e. The van der Waals surface area contributed by atoms with Crippen LogP contribution in [0.5, 0.6) is 5.75 Å². The first kappa shape index (κ1) is 7.50. The standard InChI is InChI=1S/C6H6BrNO2/c1-9-10-6-2-5(7)3-8-4-6/h2-4H,1H3. The second-order valence-corrected chi connectivity index (χ2v) is 2.50. The highest BCUT2D eigenvalue weighted by Crippen LogP contribution is 2.15. The molecule has 0 amide bonds. The molecule has 1 heterocycles. The van der Waals surface area contributed by atoms with Crippen molar-refractivity contribution in [1.29, 1.82) is 0 Å². The normalized spacial score (nSPS) is 9.40. The Morgan fingerprint density at radius 3 is 2.90 bits per heavy atom. The van der Waals surface area contributed by atoms with Gasteiger partial charge in [-0.1, -0.05) is 0 Å².